The summed E-state index contributed by atoms with van der Waals surface area (Å²) in [5, 5.41) is 6.40. The average Bonchev–Trinajstić information content (AvgIpc) is 3.03. The van der Waals surface area contributed by atoms with Crippen molar-refractivity contribution < 1.29 is 9.53 Å². The van der Waals surface area contributed by atoms with E-state index in [0.29, 0.717) is 5.69 Å². The molecule has 4 aliphatic carbocycles. The monoisotopic (exact) mass is 361 g/mol. The average molecular weight is 362 g/mol. The molecule has 4 bridgehead atoms. The van der Waals surface area contributed by atoms with E-state index in [1.54, 1.807) is 11.3 Å². The number of morpholine rings is 1. The zero-order valence-electron chi connectivity index (χ0n) is 14.7. The van der Waals surface area contributed by atoms with Crippen LogP contribution in [-0.4, -0.2) is 47.6 Å². The molecule has 0 radical (unpaired) electrons. The number of nitrogens with one attached hydrogen (secondary N) is 1. The lowest BCUT2D eigenvalue weighted by Gasteiger charge is -2.56. The number of carbonyl (C=O) groups is 1. The molecule has 1 saturated heterocycles. The van der Waals surface area contributed by atoms with Gasteiger partial charge >= 0.3 is 0 Å². The molecule has 1 aromatic rings. The fourth-order valence-electron chi connectivity index (χ4n) is 6.01. The van der Waals surface area contributed by atoms with Crippen molar-refractivity contribution in [1.29, 1.82) is 0 Å². The second-order valence-corrected chi connectivity index (χ2v) is 9.61. The summed E-state index contributed by atoms with van der Waals surface area (Å²) in [6, 6.07) is 0. The summed E-state index contributed by atoms with van der Waals surface area (Å²) in [5.41, 5.74) is 0.684. The van der Waals surface area contributed by atoms with E-state index in [2.05, 4.69) is 15.2 Å². The van der Waals surface area contributed by atoms with Gasteiger partial charge in [-0.1, -0.05) is 0 Å². The Morgan fingerprint density at radius 1 is 1.20 bits per heavy atom. The highest BCUT2D eigenvalue weighted by atomic mass is 32.1. The van der Waals surface area contributed by atoms with Crippen LogP contribution in [0.15, 0.2) is 5.38 Å². The molecule has 6 rings (SSSR count). The Labute approximate surface area is 153 Å². The minimum Gasteiger partial charge on any atom is -0.379 e. The highest BCUT2D eigenvalue weighted by Crippen LogP contribution is 2.55. The largest absolute Gasteiger partial charge is 0.379 e. The van der Waals surface area contributed by atoms with E-state index in [-0.39, 0.29) is 11.4 Å². The summed E-state index contributed by atoms with van der Waals surface area (Å²) >= 11 is 1.61. The van der Waals surface area contributed by atoms with Crippen LogP contribution in [0.5, 0.6) is 0 Å². The number of ether oxygens (including phenoxy) is 1. The van der Waals surface area contributed by atoms with Crippen LogP contribution >= 0.6 is 11.3 Å². The highest BCUT2D eigenvalue weighted by molar-refractivity contribution is 7.09. The predicted molar refractivity (Wildman–Crippen MR) is 96.6 cm³/mol. The third-order valence-corrected chi connectivity index (χ3v) is 7.50. The summed E-state index contributed by atoms with van der Waals surface area (Å²) in [6.45, 7) is 4.33. The van der Waals surface area contributed by atoms with E-state index in [1.165, 1.54) is 38.5 Å². The molecule has 2 heterocycles. The first-order valence-electron chi connectivity index (χ1n) is 9.74. The van der Waals surface area contributed by atoms with Gasteiger partial charge in [-0.05, 0) is 56.3 Å². The van der Waals surface area contributed by atoms with Gasteiger partial charge in [0.1, 0.15) is 10.7 Å². The molecule has 5 nitrogen and oxygen atoms in total. The van der Waals surface area contributed by atoms with Crippen molar-refractivity contribution in [1.82, 2.24) is 15.2 Å². The lowest BCUT2D eigenvalue weighted by Crippen LogP contribution is -2.59. The minimum absolute atomic E-state index is 0.0476. The molecule has 0 atom stereocenters. The van der Waals surface area contributed by atoms with E-state index >= 15 is 0 Å². The van der Waals surface area contributed by atoms with E-state index in [0.717, 1.165) is 55.6 Å². The maximum Gasteiger partial charge on any atom is 0.271 e. The van der Waals surface area contributed by atoms with Gasteiger partial charge in [-0.15, -0.1) is 11.3 Å². The molecule has 1 N–H and O–H groups in total. The Hall–Kier alpha value is -0.980. The van der Waals surface area contributed by atoms with Crippen LogP contribution in [0.3, 0.4) is 0 Å². The Balaban J connectivity index is 1.24. The zero-order chi connectivity index (χ0) is 16.9. The van der Waals surface area contributed by atoms with Gasteiger partial charge in [0.25, 0.3) is 5.91 Å². The number of aromatic nitrogens is 1. The van der Waals surface area contributed by atoms with Gasteiger partial charge in [-0.2, -0.15) is 0 Å². The maximum atomic E-state index is 12.8. The van der Waals surface area contributed by atoms with Gasteiger partial charge in [0.15, 0.2) is 0 Å². The molecule has 4 saturated carbocycles. The van der Waals surface area contributed by atoms with Gasteiger partial charge in [-0.25, -0.2) is 4.98 Å². The summed E-state index contributed by atoms with van der Waals surface area (Å²) in [5.74, 6) is 2.59. The first-order valence-corrected chi connectivity index (χ1v) is 10.6. The van der Waals surface area contributed by atoms with Crippen LogP contribution in [0.25, 0.3) is 0 Å². The number of rotatable bonds is 4. The van der Waals surface area contributed by atoms with E-state index in [4.69, 9.17) is 4.74 Å². The molecule has 1 aromatic heterocycles. The highest BCUT2D eigenvalue weighted by Gasteiger charge is 2.51. The van der Waals surface area contributed by atoms with Gasteiger partial charge in [0.2, 0.25) is 0 Å². The molecule has 5 fully saturated rings. The van der Waals surface area contributed by atoms with Crippen molar-refractivity contribution in [3.63, 3.8) is 0 Å². The lowest BCUT2D eigenvalue weighted by molar-refractivity contribution is -0.0167. The van der Waals surface area contributed by atoms with Crippen molar-refractivity contribution >= 4 is 17.2 Å². The summed E-state index contributed by atoms with van der Waals surface area (Å²) < 4.78 is 5.39. The van der Waals surface area contributed by atoms with E-state index in [9.17, 15) is 4.79 Å². The summed E-state index contributed by atoms with van der Waals surface area (Å²) in [7, 11) is 0. The number of hydrogen-bond donors (Lipinski definition) is 1. The molecular formula is C19H27N3O2S. The van der Waals surface area contributed by atoms with Gasteiger partial charge < -0.3 is 10.1 Å². The fraction of sp³-hybridized carbons (Fsp3) is 0.789. The molecule has 1 aliphatic heterocycles. The molecule has 6 heteroatoms. The van der Waals surface area contributed by atoms with Gasteiger partial charge in [0, 0.05) is 24.0 Å². The van der Waals surface area contributed by atoms with Crippen LogP contribution in [0.1, 0.15) is 54.0 Å². The second kappa shape index (κ2) is 6.32. The fourth-order valence-corrected chi connectivity index (χ4v) is 6.82. The van der Waals surface area contributed by atoms with Crippen LogP contribution in [0.2, 0.25) is 0 Å². The number of carbonyl (C=O) groups excluding carboxylic acids is 1. The molecular weight excluding hydrogens is 334 g/mol. The summed E-state index contributed by atoms with van der Waals surface area (Å²) in [6.07, 6.45) is 7.76. The van der Waals surface area contributed by atoms with Crippen molar-refractivity contribution in [3.05, 3.63) is 16.1 Å². The van der Waals surface area contributed by atoms with Crippen LogP contribution in [-0.2, 0) is 11.3 Å². The lowest BCUT2D eigenvalue weighted by atomic mass is 9.53. The third kappa shape index (κ3) is 3.24. The number of amides is 1. The molecule has 0 aromatic carbocycles. The predicted octanol–water partition coefficient (Wildman–Crippen LogP) is 2.67. The first kappa shape index (κ1) is 16.2. The minimum atomic E-state index is 0.0476. The maximum absolute atomic E-state index is 12.8. The standard InChI is InChI=1S/C19H27N3O2S/c23-18(16-12-25-17(20-16)11-22-1-3-24-4-2-22)21-19-8-13-5-14(9-19)7-15(6-13)10-19/h12-15H,1-11H2,(H,21,23). The Kier molecular flexibility index (Phi) is 4.10. The third-order valence-electron chi connectivity index (χ3n) is 6.66. The van der Waals surface area contributed by atoms with Crippen LogP contribution < -0.4 is 5.32 Å². The van der Waals surface area contributed by atoms with Gasteiger partial charge in [-0.3, -0.25) is 9.69 Å². The van der Waals surface area contributed by atoms with Crippen molar-refractivity contribution in [2.45, 2.75) is 50.6 Å². The molecule has 1 amide bonds. The quantitative estimate of drug-likeness (QED) is 0.896. The second-order valence-electron chi connectivity index (χ2n) is 8.67. The Bertz CT molecular complexity index is 618. The van der Waals surface area contributed by atoms with Crippen LogP contribution in [0.4, 0.5) is 0 Å². The SMILES string of the molecule is O=C(NC12CC3CC(CC(C3)C1)C2)c1csc(CN2CCOCC2)n1. The van der Waals surface area contributed by atoms with Crippen molar-refractivity contribution in [2.24, 2.45) is 17.8 Å². The zero-order valence-corrected chi connectivity index (χ0v) is 15.5. The Morgan fingerprint density at radius 2 is 1.84 bits per heavy atom. The van der Waals surface area contributed by atoms with Gasteiger partial charge in [0.05, 0.1) is 19.8 Å². The smallest absolute Gasteiger partial charge is 0.271 e. The van der Waals surface area contributed by atoms with Crippen LogP contribution in [0, 0.1) is 17.8 Å². The molecule has 0 unspecified atom stereocenters. The topological polar surface area (TPSA) is 54.5 Å². The van der Waals surface area contributed by atoms with E-state index in [1.807, 2.05) is 5.38 Å². The molecule has 0 spiro atoms. The number of thiazole rings is 1. The van der Waals surface area contributed by atoms with Crippen molar-refractivity contribution in [3.8, 4) is 0 Å². The Morgan fingerprint density at radius 3 is 2.48 bits per heavy atom. The number of nitrogens with zero attached hydrogens (tertiary/aromatic N) is 2. The van der Waals surface area contributed by atoms with Crippen molar-refractivity contribution in [2.75, 3.05) is 26.3 Å². The summed E-state index contributed by atoms with van der Waals surface area (Å²) in [4.78, 5) is 19.8. The normalized spacial score (nSPS) is 37.4. The molecule has 5 aliphatic rings. The molecule has 25 heavy (non-hydrogen) atoms. The van der Waals surface area contributed by atoms with E-state index < -0.39 is 0 Å². The first-order chi connectivity index (χ1) is 12.2. The molecule has 136 valence electrons. The number of hydrogen-bond acceptors (Lipinski definition) is 5.